The van der Waals surface area contributed by atoms with Crippen molar-refractivity contribution in [3.63, 3.8) is 0 Å². The van der Waals surface area contributed by atoms with E-state index >= 15 is 0 Å². The summed E-state index contributed by atoms with van der Waals surface area (Å²) in [6, 6.07) is 4.37. The van der Waals surface area contributed by atoms with Crippen molar-refractivity contribution in [2.45, 2.75) is 19.5 Å². The van der Waals surface area contributed by atoms with Crippen molar-refractivity contribution in [3.05, 3.63) is 35.4 Å². The van der Waals surface area contributed by atoms with Gasteiger partial charge in [-0.25, -0.2) is 0 Å². The number of amides is 1. The normalized spacial score (nSPS) is 13.1. The zero-order valence-electron chi connectivity index (χ0n) is 10.4. The van der Waals surface area contributed by atoms with Crippen LogP contribution in [0.15, 0.2) is 24.3 Å². The highest BCUT2D eigenvalue weighted by molar-refractivity contribution is 6.17. The third-order valence-corrected chi connectivity index (χ3v) is 2.88. The number of alkyl halides is 4. The monoisotopic (exact) mass is 293 g/mol. The molecular weight excluding hydrogens is 279 g/mol. The first-order valence-corrected chi connectivity index (χ1v) is 6.39. The molecule has 0 aliphatic rings. The van der Waals surface area contributed by atoms with E-state index in [1.165, 1.54) is 12.1 Å². The fourth-order valence-corrected chi connectivity index (χ4v) is 1.87. The lowest BCUT2D eigenvalue weighted by Gasteiger charge is -2.12. The Morgan fingerprint density at radius 1 is 1.42 bits per heavy atom. The summed E-state index contributed by atoms with van der Waals surface area (Å²) in [7, 11) is 0. The Hall–Kier alpha value is -1.23. The lowest BCUT2D eigenvalue weighted by molar-refractivity contribution is -0.137. The van der Waals surface area contributed by atoms with Crippen LogP contribution in [-0.4, -0.2) is 18.3 Å². The average Bonchev–Trinajstić information content (AvgIpc) is 2.35. The number of hydrogen-bond donors (Lipinski definition) is 1. The van der Waals surface area contributed by atoms with Crippen molar-refractivity contribution in [2.24, 2.45) is 5.92 Å². The first-order valence-electron chi connectivity index (χ1n) is 5.86. The minimum Gasteiger partial charge on any atom is -0.352 e. The highest BCUT2D eigenvalue weighted by Crippen LogP contribution is 2.29. The molecule has 0 aliphatic carbocycles. The lowest BCUT2D eigenvalue weighted by Crippen LogP contribution is -2.28. The number of rotatable bonds is 5. The van der Waals surface area contributed by atoms with E-state index in [-0.39, 0.29) is 11.5 Å². The molecular formula is C13H15ClF3NO. The van der Waals surface area contributed by atoms with Gasteiger partial charge in [-0.1, -0.05) is 13.0 Å². The van der Waals surface area contributed by atoms with Gasteiger partial charge in [0.1, 0.15) is 0 Å². The SMILES string of the molecule is CC(CCCl)CNC(=O)c1cccc(C(F)(F)F)c1. The highest BCUT2D eigenvalue weighted by atomic mass is 35.5. The first kappa shape index (κ1) is 15.8. The maximum Gasteiger partial charge on any atom is 0.416 e. The first-order chi connectivity index (χ1) is 8.84. The summed E-state index contributed by atoms with van der Waals surface area (Å²) in [5.41, 5.74) is -0.818. The number of hydrogen-bond acceptors (Lipinski definition) is 1. The largest absolute Gasteiger partial charge is 0.416 e. The number of benzene rings is 1. The fraction of sp³-hybridized carbons (Fsp3) is 0.462. The van der Waals surface area contributed by atoms with Gasteiger partial charge in [0.15, 0.2) is 0 Å². The highest BCUT2D eigenvalue weighted by Gasteiger charge is 2.30. The number of nitrogens with one attached hydrogen (secondary N) is 1. The van der Waals surface area contributed by atoms with E-state index in [1.54, 1.807) is 0 Å². The van der Waals surface area contributed by atoms with Gasteiger partial charge in [-0.15, -0.1) is 11.6 Å². The molecule has 0 aliphatic heterocycles. The number of carbonyl (C=O) groups excluding carboxylic acids is 1. The second-order valence-corrected chi connectivity index (χ2v) is 4.75. The Bertz CT molecular complexity index is 434. The summed E-state index contributed by atoms with van der Waals surface area (Å²) < 4.78 is 37.5. The molecule has 0 heterocycles. The topological polar surface area (TPSA) is 29.1 Å². The molecule has 2 nitrogen and oxygen atoms in total. The van der Waals surface area contributed by atoms with Crippen molar-refractivity contribution in [1.82, 2.24) is 5.32 Å². The second kappa shape index (κ2) is 6.80. The summed E-state index contributed by atoms with van der Waals surface area (Å²) in [4.78, 5) is 11.7. The number of halogens is 4. The predicted octanol–water partition coefficient (Wildman–Crippen LogP) is 3.70. The van der Waals surface area contributed by atoms with Crippen LogP contribution < -0.4 is 5.32 Å². The Kier molecular flexibility index (Phi) is 5.66. The molecule has 1 N–H and O–H groups in total. The molecule has 1 amide bonds. The van der Waals surface area contributed by atoms with E-state index < -0.39 is 17.6 Å². The van der Waals surface area contributed by atoms with E-state index in [0.29, 0.717) is 12.4 Å². The van der Waals surface area contributed by atoms with Crippen LogP contribution in [0.1, 0.15) is 29.3 Å². The Morgan fingerprint density at radius 2 is 2.11 bits per heavy atom. The van der Waals surface area contributed by atoms with Crippen molar-refractivity contribution in [1.29, 1.82) is 0 Å². The summed E-state index contributed by atoms with van der Waals surface area (Å²) in [5, 5.41) is 2.60. The predicted molar refractivity (Wildman–Crippen MR) is 68.3 cm³/mol. The zero-order chi connectivity index (χ0) is 14.5. The Labute approximate surface area is 114 Å². The molecule has 1 unspecified atom stereocenters. The minimum absolute atomic E-state index is 0.00731. The average molecular weight is 294 g/mol. The van der Waals surface area contributed by atoms with Gasteiger partial charge in [0.05, 0.1) is 5.56 Å². The van der Waals surface area contributed by atoms with Gasteiger partial charge in [-0.05, 0) is 30.5 Å². The van der Waals surface area contributed by atoms with Crippen molar-refractivity contribution in [2.75, 3.05) is 12.4 Å². The molecule has 0 fully saturated rings. The minimum atomic E-state index is -4.44. The van der Waals surface area contributed by atoms with Crippen LogP contribution >= 0.6 is 11.6 Å². The van der Waals surface area contributed by atoms with E-state index in [0.717, 1.165) is 18.6 Å². The van der Waals surface area contributed by atoms with Crippen LogP contribution in [0.25, 0.3) is 0 Å². The molecule has 1 rings (SSSR count). The molecule has 6 heteroatoms. The molecule has 0 saturated heterocycles. The van der Waals surface area contributed by atoms with Crippen molar-refractivity contribution < 1.29 is 18.0 Å². The van der Waals surface area contributed by atoms with Crippen LogP contribution in [-0.2, 0) is 6.18 Å². The van der Waals surface area contributed by atoms with Gasteiger partial charge in [0, 0.05) is 18.0 Å². The maximum absolute atomic E-state index is 12.5. The molecule has 0 saturated carbocycles. The third kappa shape index (κ3) is 5.11. The summed E-state index contributed by atoms with van der Waals surface area (Å²) in [5.74, 6) is 0.167. The van der Waals surface area contributed by atoms with Crippen LogP contribution in [0.3, 0.4) is 0 Å². The Morgan fingerprint density at radius 3 is 2.68 bits per heavy atom. The van der Waals surface area contributed by atoms with E-state index in [2.05, 4.69) is 5.32 Å². The van der Waals surface area contributed by atoms with Crippen molar-refractivity contribution >= 4 is 17.5 Å². The van der Waals surface area contributed by atoms with Crippen LogP contribution in [0.2, 0.25) is 0 Å². The van der Waals surface area contributed by atoms with Crippen molar-refractivity contribution in [3.8, 4) is 0 Å². The van der Waals surface area contributed by atoms with E-state index in [4.69, 9.17) is 11.6 Å². The van der Waals surface area contributed by atoms with Gasteiger partial charge >= 0.3 is 6.18 Å². The van der Waals surface area contributed by atoms with Gasteiger partial charge in [0.2, 0.25) is 0 Å². The fourth-order valence-electron chi connectivity index (χ4n) is 1.49. The van der Waals surface area contributed by atoms with Gasteiger partial charge in [-0.3, -0.25) is 4.79 Å². The summed E-state index contributed by atoms with van der Waals surface area (Å²) in [6.07, 6.45) is -3.70. The lowest BCUT2D eigenvalue weighted by atomic mass is 10.1. The standard InChI is InChI=1S/C13H15ClF3NO/c1-9(5-6-14)8-18-12(19)10-3-2-4-11(7-10)13(15,16)17/h2-4,7,9H,5-6,8H2,1H3,(H,18,19). The van der Waals surface area contributed by atoms with E-state index in [9.17, 15) is 18.0 Å². The smallest absolute Gasteiger partial charge is 0.352 e. The Balaban J connectivity index is 2.67. The number of carbonyl (C=O) groups is 1. The molecule has 0 bridgehead atoms. The third-order valence-electron chi connectivity index (χ3n) is 2.67. The molecule has 1 aromatic rings. The molecule has 0 radical (unpaired) electrons. The van der Waals surface area contributed by atoms with Crippen LogP contribution in [0, 0.1) is 5.92 Å². The maximum atomic E-state index is 12.5. The van der Waals surface area contributed by atoms with Crippen LogP contribution in [0.4, 0.5) is 13.2 Å². The quantitative estimate of drug-likeness (QED) is 0.824. The summed E-state index contributed by atoms with van der Waals surface area (Å²) >= 11 is 5.56. The summed E-state index contributed by atoms with van der Waals surface area (Å²) in [6.45, 7) is 2.30. The van der Waals surface area contributed by atoms with Gasteiger partial charge < -0.3 is 5.32 Å². The molecule has 1 atom stereocenters. The van der Waals surface area contributed by atoms with Crippen LogP contribution in [0.5, 0.6) is 0 Å². The zero-order valence-corrected chi connectivity index (χ0v) is 11.2. The second-order valence-electron chi connectivity index (χ2n) is 4.37. The molecule has 1 aromatic carbocycles. The van der Waals surface area contributed by atoms with E-state index in [1.807, 2.05) is 6.92 Å². The van der Waals surface area contributed by atoms with Gasteiger partial charge in [-0.2, -0.15) is 13.2 Å². The molecule has 19 heavy (non-hydrogen) atoms. The van der Waals surface area contributed by atoms with Gasteiger partial charge in [0.25, 0.3) is 5.91 Å². The molecule has 106 valence electrons. The molecule has 0 spiro atoms. The molecule has 0 aromatic heterocycles.